The minimum atomic E-state index is 0.0656. The zero-order valence-corrected chi connectivity index (χ0v) is 19.5. The molecule has 4 rings (SSSR count). The lowest BCUT2D eigenvalue weighted by molar-refractivity contribution is 0.437. The molecule has 1 atom stereocenters. The number of thiazole rings is 2. The van der Waals surface area contributed by atoms with E-state index in [-0.39, 0.29) is 5.41 Å². The van der Waals surface area contributed by atoms with E-state index in [1.165, 1.54) is 26.8 Å². The summed E-state index contributed by atoms with van der Waals surface area (Å²) in [6.45, 7) is 6.93. The SMILES string of the molecule is CC(CCC(C)(C)c1nc(-c2ccccc2)cs1)c1nc(Cc2ccccc2)cs1. The van der Waals surface area contributed by atoms with Crippen LogP contribution >= 0.6 is 22.7 Å². The van der Waals surface area contributed by atoms with Crippen molar-refractivity contribution in [3.8, 4) is 11.3 Å². The van der Waals surface area contributed by atoms with Gasteiger partial charge >= 0.3 is 0 Å². The van der Waals surface area contributed by atoms with Crippen molar-refractivity contribution >= 4 is 22.7 Å². The maximum absolute atomic E-state index is 4.96. The lowest BCUT2D eigenvalue weighted by Gasteiger charge is -2.23. The Bertz CT molecular complexity index is 1060. The van der Waals surface area contributed by atoms with Crippen molar-refractivity contribution in [1.82, 2.24) is 9.97 Å². The molecule has 2 nitrogen and oxygen atoms in total. The van der Waals surface area contributed by atoms with E-state index < -0.39 is 0 Å². The van der Waals surface area contributed by atoms with E-state index >= 15 is 0 Å². The number of nitrogens with zero attached hydrogens (tertiary/aromatic N) is 2. The van der Waals surface area contributed by atoms with Gasteiger partial charge in [0.15, 0.2) is 0 Å². The van der Waals surface area contributed by atoms with Crippen LogP contribution in [0.25, 0.3) is 11.3 Å². The number of benzene rings is 2. The maximum Gasteiger partial charge on any atom is 0.0988 e. The second kappa shape index (κ2) is 9.23. The average molecular weight is 433 g/mol. The Kier molecular flexibility index (Phi) is 6.45. The Labute approximate surface area is 187 Å². The van der Waals surface area contributed by atoms with Gasteiger partial charge in [-0.1, -0.05) is 81.4 Å². The summed E-state index contributed by atoms with van der Waals surface area (Å²) in [6, 6.07) is 21.0. The highest BCUT2D eigenvalue weighted by Crippen LogP contribution is 2.36. The van der Waals surface area contributed by atoms with Crippen LogP contribution in [-0.4, -0.2) is 9.97 Å². The lowest BCUT2D eigenvalue weighted by atomic mass is 9.85. The lowest BCUT2D eigenvalue weighted by Crippen LogP contribution is -2.17. The molecule has 1 unspecified atom stereocenters. The Balaban J connectivity index is 1.37. The van der Waals surface area contributed by atoms with Crippen molar-refractivity contribution in [2.75, 3.05) is 0 Å². The maximum atomic E-state index is 4.96. The van der Waals surface area contributed by atoms with Crippen LogP contribution in [0.15, 0.2) is 71.4 Å². The molecule has 0 aliphatic carbocycles. The summed E-state index contributed by atoms with van der Waals surface area (Å²) in [5.41, 5.74) is 4.84. The number of hydrogen-bond acceptors (Lipinski definition) is 4. The Morgan fingerprint density at radius 1 is 0.867 bits per heavy atom. The minimum absolute atomic E-state index is 0.0656. The van der Waals surface area contributed by atoms with Crippen molar-refractivity contribution in [3.05, 3.63) is 92.7 Å². The molecular formula is C26H28N2S2. The molecule has 0 aliphatic rings. The second-order valence-electron chi connectivity index (χ2n) is 8.57. The smallest absolute Gasteiger partial charge is 0.0988 e. The van der Waals surface area contributed by atoms with Crippen LogP contribution in [0.3, 0.4) is 0 Å². The van der Waals surface area contributed by atoms with E-state index in [2.05, 4.69) is 86.1 Å². The monoisotopic (exact) mass is 432 g/mol. The van der Waals surface area contributed by atoms with Crippen LogP contribution in [0, 0.1) is 0 Å². The van der Waals surface area contributed by atoms with Gasteiger partial charge in [-0.25, -0.2) is 9.97 Å². The fourth-order valence-corrected chi connectivity index (χ4v) is 5.47. The van der Waals surface area contributed by atoms with Gasteiger partial charge in [-0.15, -0.1) is 22.7 Å². The van der Waals surface area contributed by atoms with Crippen LogP contribution in [0.1, 0.15) is 60.8 Å². The van der Waals surface area contributed by atoms with Crippen LogP contribution in [-0.2, 0) is 11.8 Å². The molecule has 2 aromatic carbocycles. The molecule has 0 aliphatic heterocycles. The number of rotatable bonds is 8. The van der Waals surface area contributed by atoms with Crippen molar-refractivity contribution in [1.29, 1.82) is 0 Å². The zero-order valence-electron chi connectivity index (χ0n) is 17.8. The molecule has 2 aromatic heterocycles. The molecule has 2 heterocycles. The van der Waals surface area contributed by atoms with Gasteiger partial charge in [0.25, 0.3) is 0 Å². The third kappa shape index (κ3) is 5.05. The van der Waals surface area contributed by atoms with Crippen molar-refractivity contribution in [2.24, 2.45) is 0 Å². The van der Waals surface area contributed by atoms with E-state index in [1.807, 2.05) is 6.07 Å². The fourth-order valence-electron chi connectivity index (χ4n) is 3.57. The summed E-state index contributed by atoms with van der Waals surface area (Å²) in [5.74, 6) is 0.465. The standard InChI is InChI=1S/C26H28N2S2/c1-19(24-27-22(17-29-24)16-20-10-6-4-7-11-20)14-15-26(2,3)25-28-23(18-30-25)21-12-8-5-9-13-21/h4-13,17-19H,14-16H2,1-3H3. The van der Waals surface area contributed by atoms with Gasteiger partial charge in [0.05, 0.1) is 21.4 Å². The molecular weight excluding hydrogens is 404 g/mol. The number of aromatic nitrogens is 2. The normalized spacial score (nSPS) is 12.8. The van der Waals surface area contributed by atoms with E-state index in [1.54, 1.807) is 22.7 Å². The predicted octanol–water partition coefficient (Wildman–Crippen LogP) is 7.72. The third-order valence-corrected chi connectivity index (χ3v) is 7.91. The highest BCUT2D eigenvalue weighted by Gasteiger charge is 2.26. The van der Waals surface area contributed by atoms with Gasteiger partial charge in [0.2, 0.25) is 0 Å². The van der Waals surface area contributed by atoms with E-state index in [0.717, 1.165) is 25.0 Å². The molecule has 154 valence electrons. The summed E-state index contributed by atoms with van der Waals surface area (Å²) in [7, 11) is 0. The van der Waals surface area contributed by atoms with Gasteiger partial charge in [-0.05, 0) is 18.4 Å². The van der Waals surface area contributed by atoms with Gasteiger partial charge < -0.3 is 0 Å². The van der Waals surface area contributed by atoms with Crippen molar-refractivity contribution in [2.45, 2.75) is 51.4 Å². The van der Waals surface area contributed by atoms with E-state index in [4.69, 9.17) is 9.97 Å². The largest absolute Gasteiger partial charge is 0.246 e. The molecule has 0 radical (unpaired) electrons. The van der Waals surface area contributed by atoms with E-state index in [0.29, 0.717) is 5.92 Å². The Morgan fingerprint density at radius 3 is 2.30 bits per heavy atom. The quantitative estimate of drug-likeness (QED) is 0.285. The highest BCUT2D eigenvalue weighted by molar-refractivity contribution is 7.10. The molecule has 0 bridgehead atoms. The first-order valence-electron chi connectivity index (χ1n) is 10.5. The molecule has 0 fully saturated rings. The molecule has 4 aromatic rings. The predicted molar refractivity (Wildman–Crippen MR) is 130 cm³/mol. The van der Waals surface area contributed by atoms with Gasteiger partial charge in [0, 0.05) is 34.1 Å². The zero-order chi connectivity index (χ0) is 21.0. The highest BCUT2D eigenvalue weighted by atomic mass is 32.1. The Hall–Kier alpha value is -2.30. The van der Waals surface area contributed by atoms with Gasteiger partial charge in [0.1, 0.15) is 0 Å². The van der Waals surface area contributed by atoms with Gasteiger partial charge in [-0.3, -0.25) is 0 Å². The topological polar surface area (TPSA) is 25.8 Å². The summed E-state index contributed by atoms with van der Waals surface area (Å²) in [6.07, 6.45) is 3.13. The van der Waals surface area contributed by atoms with Crippen LogP contribution in [0.4, 0.5) is 0 Å². The fraction of sp³-hybridized carbons (Fsp3) is 0.308. The first-order valence-corrected chi connectivity index (χ1v) is 12.3. The molecule has 4 heteroatoms. The minimum Gasteiger partial charge on any atom is -0.246 e. The third-order valence-electron chi connectivity index (χ3n) is 5.57. The van der Waals surface area contributed by atoms with Crippen LogP contribution in [0.2, 0.25) is 0 Å². The van der Waals surface area contributed by atoms with Crippen LogP contribution < -0.4 is 0 Å². The molecule has 0 N–H and O–H groups in total. The van der Waals surface area contributed by atoms with Gasteiger partial charge in [-0.2, -0.15) is 0 Å². The van der Waals surface area contributed by atoms with E-state index in [9.17, 15) is 0 Å². The molecule has 0 saturated carbocycles. The second-order valence-corrected chi connectivity index (χ2v) is 10.3. The Morgan fingerprint density at radius 2 is 1.57 bits per heavy atom. The van der Waals surface area contributed by atoms with Crippen molar-refractivity contribution < 1.29 is 0 Å². The molecule has 0 spiro atoms. The summed E-state index contributed by atoms with van der Waals surface area (Å²) < 4.78 is 0. The van der Waals surface area contributed by atoms with Crippen molar-refractivity contribution in [3.63, 3.8) is 0 Å². The molecule has 30 heavy (non-hydrogen) atoms. The summed E-state index contributed by atoms with van der Waals surface area (Å²) in [5, 5.41) is 6.88. The molecule has 0 amide bonds. The summed E-state index contributed by atoms with van der Waals surface area (Å²) >= 11 is 3.58. The summed E-state index contributed by atoms with van der Waals surface area (Å²) in [4.78, 5) is 9.89. The van der Waals surface area contributed by atoms with Crippen LogP contribution in [0.5, 0.6) is 0 Å². The molecule has 0 saturated heterocycles. The first-order chi connectivity index (χ1) is 14.5. The number of hydrogen-bond donors (Lipinski definition) is 0. The first kappa shape index (κ1) is 21.0. The average Bonchev–Trinajstić information content (AvgIpc) is 3.44.